The van der Waals surface area contributed by atoms with Gasteiger partial charge >= 0.3 is 0 Å². The highest BCUT2D eigenvalue weighted by molar-refractivity contribution is 6.17. The molecule has 0 fully saturated rings. The summed E-state index contributed by atoms with van der Waals surface area (Å²) in [6.45, 7) is 0. The van der Waals surface area contributed by atoms with Crippen molar-refractivity contribution >= 4 is 43.4 Å². The molecule has 0 N–H and O–H groups in total. The van der Waals surface area contributed by atoms with Gasteiger partial charge in [-0.1, -0.05) is 103 Å². The lowest BCUT2D eigenvalue weighted by Crippen LogP contribution is -1.97. The van der Waals surface area contributed by atoms with Gasteiger partial charge in [0, 0.05) is 11.3 Å². The predicted molar refractivity (Wildman–Crippen MR) is 164 cm³/mol. The monoisotopic (exact) mass is 496 g/mol. The first-order valence-corrected chi connectivity index (χ1v) is 13.3. The summed E-state index contributed by atoms with van der Waals surface area (Å²) in [6.07, 6.45) is 0. The van der Waals surface area contributed by atoms with Crippen LogP contribution in [0.2, 0.25) is 0 Å². The third kappa shape index (κ3) is 3.53. The first-order chi connectivity index (χ1) is 19.3. The van der Waals surface area contributed by atoms with Gasteiger partial charge in [0.05, 0.1) is 11.0 Å². The molecule has 0 aliphatic carbocycles. The van der Waals surface area contributed by atoms with Crippen molar-refractivity contribution in [2.24, 2.45) is 0 Å². The van der Waals surface area contributed by atoms with Gasteiger partial charge in [-0.25, -0.2) is 4.98 Å². The molecular weight excluding hydrogens is 472 g/mol. The second kappa shape index (κ2) is 8.68. The third-order valence-electron chi connectivity index (χ3n) is 7.76. The highest BCUT2D eigenvalue weighted by Crippen LogP contribution is 2.38. The van der Waals surface area contributed by atoms with Crippen LogP contribution in [0.15, 0.2) is 146 Å². The summed E-state index contributed by atoms with van der Waals surface area (Å²) in [5, 5.41) is 7.64. The van der Waals surface area contributed by atoms with Gasteiger partial charge in [-0.15, -0.1) is 0 Å². The summed E-state index contributed by atoms with van der Waals surface area (Å²) in [4.78, 5) is 5.01. The Kier molecular flexibility index (Phi) is 4.86. The third-order valence-corrected chi connectivity index (χ3v) is 7.76. The summed E-state index contributed by atoms with van der Waals surface area (Å²) >= 11 is 0. The van der Waals surface area contributed by atoms with Gasteiger partial charge in [0.25, 0.3) is 0 Å². The molecule has 182 valence electrons. The highest BCUT2D eigenvalue weighted by atomic mass is 15.1. The Morgan fingerprint density at radius 3 is 1.87 bits per heavy atom. The fourth-order valence-electron chi connectivity index (χ4n) is 5.88. The van der Waals surface area contributed by atoms with E-state index in [0.717, 1.165) is 28.1 Å². The van der Waals surface area contributed by atoms with Gasteiger partial charge in [0.15, 0.2) is 0 Å². The number of hydrogen-bond acceptors (Lipinski definition) is 1. The Morgan fingerprint density at radius 1 is 0.436 bits per heavy atom. The number of rotatable bonds is 3. The highest BCUT2D eigenvalue weighted by Gasteiger charge is 2.15. The minimum absolute atomic E-state index is 0.951. The minimum atomic E-state index is 0.951. The van der Waals surface area contributed by atoms with Gasteiger partial charge in [-0.05, 0) is 85.9 Å². The zero-order valence-electron chi connectivity index (χ0n) is 21.3. The van der Waals surface area contributed by atoms with Gasteiger partial charge in [-0.2, -0.15) is 0 Å². The Balaban J connectivity index is 1.34. The second-order valence-corrected chi connectivity index (χ2v) is 10.1. The van der Waals surface area contributed by atoms with E-state index in [1.807, 2.05) is 12.1 Å². The molecule has 8 rings (SSSR count). The molecule has 2 nitrogen and oxygen atoms in total. The van der Waals surface area contributed by atoms with Crippen LogP contribution in [0, 0.1) is 0 Å². The van der Waals surface area contributed by atoms with E-state index in [1.165, 1.54) is 43.4 Å². The number of fused-ring (bicyclic) bond motifs is 5. The number of imidazole rings is 1. The largest absolute Gasteiger partial charge is 0.292 e. The van der Waals surface area contributed by atoms with E-state index >= 15 is 0 Å². The fourth-order valence-corrected chi connectivity index (χ4v) is 5.88. The van der Waals surface area contributed by atoms with Gasteiger partial charge in [0.1, 0.15) is 5.82 Å². The van der Waals surface area contributed by atoms with Crippen LogP contribution < -0.4 is 0 Å². The summed E-state index contributed by atoms with van der Waals surface area (Å²) in [5.41, 5.74) is 6.75. The second-order valence-electron chi connectivity index (χ2n) is 10.1. The molecule has 0 saturated heterocycles. The van der Waals surface area contributed by atoms with Crippen molar-refractivity contribution in [2.75, 3.05) is 0 Å². The van der Waals surface area contributed by atoms with Crippen molar-refractivity contribution in [2.45, 2.75) is 0 Å². The number of para-hydroxylation sites is 2. The molecule has 1 aromatic heterocycles. The molecule has 0 unspecified atom stereocenters. The summed E-state index contributed by atoms with van der Waals surface area (Å²) in [7, 11) is 0. The van der Waals surface area contributed by atoms with E-state index < -0.39 is 0 Å². The lowest BCUT2D eigenvalue weighted by Gasteiger charge is -2.14. The van der Waals surface area contributed by atoms with Crippen molar-refractivity contribution < 1.29 is 0 Å². The molecule has 0 spiro atoms. The Bertz CT molecular complexity index is 2150. The zero-order chi connectivity index (χ0) is 25.8. The van der Waals surface area contributed by atoms with Gasteiger partial charge < -0.3 is 0 Å². The van der Waals surface area contributed by atoms with E-state index in [1.54, 1.807) is 0 Å². The molecule has 39 heavy (non-hydrogen) atoms. The quantitative estimate of drug-likeness (QED) is 0.176. The Morgan fingerprint density at radius 2 is 1.08 bits per heavy atom. The SMILES string of the molecule is c1ccc(-c2nc3ccccc3n2-c2ccc(-c3cc4ccccc4c4cc5ccccc5cc34)cc2)cc1. The van der Waals surface area contributed by atoms with Crippen molar-refractivity contribution in [3.63, 3.8) is 0 Å². The molecule has 0 atom stereocenters. The maximum atomic E-state index is 5.01. The first kappa shape index (κ1) is 21.8. The number of hydrogen-bond donors (Lipinski definition) is 0. The first-order valence-electron chi connectivity index (χ1n) is 13.3. The standard InChI is InChI=1S/C37H24N2/c1-2-10-26(11-3-1)37-38-35-16-8-9-17-36(35)39(37)30-20-18-25(19-21-30)32-24-29-14-6-7-15-31(29)33-22-27-12-4-5-13-28(27)23-34(32)33/h1-24H. The van der Waals surface area contributed by atoms with Crippen LogP contribution in [0.25, 0.3) is 71.6 Å². The van der Waals surface area contributed by atoms with Crippen LogP contribution in [0.5, 0.6) is 0 Å². The van der Waals surface area contributed by atoms with Crippen LogP contribution in [0.4, 0.5) is 0 Å². The molecule has 0 bridgehead atoms. The molecule has 1 heterocycles. The molecule has 7 aromatic carbocycles. The minimum Gasteiger partial charge on any atom is -0.292 e. The van der Waals surface area contributed by atoms with Crippen molar-refractivity contribution in [1.82, 2.24) is 9.55 Å². The average Bonchev–Trinajstić information content (AvgIpc) is 3.40. The molecular formula is C37H24N2. The molecule has 0 aliphatic heterocycles. The Hall–Kier alpha value is -5.21. The number of aromatic nitrogens is 2. The maximum absolute atomic E-state index is 5.01. The van der Waals surface area contributed by atoms with Gasteiger partial charge in [0.2, 0.25) is 0 Å². The van der Waals surface area contributed by atoms with Crippen LogP contribution in [-0.4, -0.2) is 9.55 Å². The van der Waals surface area contributed by atoms with Crippen molar-refractivity contribution in [3.8, 4) is 28.2 Å². The lowest BCUT2D eigenvalue weighted by molar-refractivity contribution is 1.10. The van der Waals surface area contributed by atoms with Crippen LogP contribution >= 0.6 is 0 Å². The summed E-state index contributed by atoms with van der Waals surface area (Å²) in [6, 6.07) is 52.1. The lowest BCUT2D eigenvalue weighted by atomic mass is 9.91. The average molecular weight is 497 g/mol. The van der Waals surface area contributed by atoms with Crippen molar-refractivity contribution in [3.05, 3.63) is 146 Å². The topological polar surface area (TPSA) is 17.8 Å². The zero-order valence-corrected chi connectivity index (χ0v) is 21.3. The number of benzene rings is 7. The van der Waals surface area contributed by atoms with E-state index in [0.29, 0.717) is 0 Å². The van der Waals surface area contributed by atoms with Crippen LogP contribution in [0.1, 0.15) is 0 Å². The summed E-state index contributed by atoms with van der Waals surface area (Å²) < 4.78 is 2.26. The Labute approximate surface area is 226 Å². The van der Waals surface area contributed by atoms with E-state index in [2.05, 4.69) is 138 Å². The normalized spacial score (nSPS) is 11.6. The molecule has 0 aliphatic rings. The maximum Gasteiger partial charge on any atom is 0.145 e. The molecule has 8 aromatic rings. The predicted octanol–water partition coefficient (Wildman–Crippen LogP) is 9.82. The smallest absolute Gasteiger partial charge is 0.145 e. The molecule has 0 saturated carbocycles. The van der Waals surface area contributed by atoms with E-state index in [4.69, 9.17) is 4.98 Å². The number of nitrogens with zero attached hydrogens (tertiary/aromatic N) is 2. The molecule has 0 amide bonds. The summed E-state index contributed by atoms with van der Waals surface area (Å²) in [5.74, 6) is 0.951. The molecule has 0 radical (unpaired) electrons. The van der Waals surface area contributed by atoms with Crippen LogP contribution in [-0.2, 0) is 0 Å². The van der Waals surface area contributed by atoms with E-state index in [-0.39, 0.29) is 0 Å². The van der Waals surface area contributed by atoms with E-state index in [9.17, 15) is 0 Å². The fraction of sp³-hybridized carbons (Fsp3) is 0. The molecule has 2 heteroatoms. The van der Waals surface area contributed by atoms with Crippen LogP contribution in [0.3, 0.4) is 0 Å². The van der Waals surface area contributed by atoms with Crippen molar-refractivity contribution in [1.29, 1.82) is 0 Å². The van der Waals surface area contributed by atoms with Gasteiger partial charge in [-0.3, -0.25) is 4.57 Å².